The molecule has 1 spiro atoms. The topological polar surface area (TPSA) is 95.9 Å². The molecule has 0 radical (unpaired) electrons. The third kappa shape index (κ3) is 6.64. The number of hydrogen-bond acceptors (Lipinski definition) is 5. The number of benzene rings is 2. The van der Waals surface area contributed by atoms with Crippen molar-refractivity contribution >= 4 is 17.8 Å². The molecular weight excluding hydrogens is 504 g/mol. The first-order valence-electron chi connectivity index (χ1n) is 14.6. The van der Waals surface area contributed by atoms with Crippen LogP contribution in [0.1, 0.15) is 61.6 Å². The van der Waals surface area contributed by atoms with Gasteiger partial charge in [-0.1, -0.05) is 79.6 Å². The molecular formula is C33H40N2O5. The number of amides is 2. The number of rotatable bonds is 5. The molecule has 0 aromatic heterocycles. The highest BCUT2D eigenvalue weighted by Crippen LogP contribution is 2.32. The van der Waals surface area contributed by atoms with Gasteiger partial charge in [0.05, 0.1) is 30.0 Å². The second kappa shape index (κ2) is 12.8. The van der Waals surface area contributed by atoms with Crippen molar-refractivity contribution in [2.75, 3.05) is 13.2 Å². The number of esters is 1. The van der Waals surface area contributed by atoms with Crippen LogP contribution in [-0.2, 0) is 38.5 Å². The van der Waals surface area contributed by atoms with Gasteiger partial charge in [-0.05, 0) is 55.2 Å². The van der Waals surface area contributed by atoms with E-state index in [1.807, 2.05) is 66.7 Å². The van der Waals surface area contributed by atoms with Crippen LogP contribution in [0.4, 0.5) is 0 Å². The molecule has 0 saturated heterocycles. The number of carbonyl (C=O) groups excluding carboxylic acids is 3. The molecule has 1 aliphatic carbocycles. The SMILES string of the molecule is O=C1NC2(CCCC2)COC(=O)[C@@H](Cc2ccccc2)CC=CC[C@@H]1CC(=O)N1Cc2ccccc2C[C@H]1CO. The molecule has 1 saturated carbocycles. The fourth-order valence-corrected chi connectivity index (χ4v) is 6.38. The highest BCUT2D eigenvalue weighted by Gasteiger charge is 2.40. The number of hydrogen-bond donors (Lipinski definition) is 2. The van der Waals surface area contributed by atoms with E-state index in [0.717, 1.165) is 42.4 Å². The van der Waals surface area contributed by atoms with Gasteiger partial charge in [-0.2, -0.15) is 0 Å². The summed E-state index contributed by atoms with van der Waals surface area (Å²) < 4.78 is 5.87. The largest absolute Gasteiger partial charge is 0.463 e. The zero-order chi connectivity index (χ0) is 28.0. The molecule has 212 valence electrons. The summed E-state index contributed by atoms with van der Waals surface area (Å²) in [6.45, 7) is 0.475. The maximum Gasteiger partial charge on any atom is 0.309 e. The predicted octanol–water partition coefficient (Wildman–Crippen LogP) is 4.12. The Morgan fingerprint density at radius 1 is 0.950 bits per heavy atom. The first-order chi connectivity index (χ1) is 19.5. The highest BCUT2D eigenvalue weighted by molar-refractivity contribution is 5.87. The van der Waals surface area contributed by atoms with E-state index in [2.05, 4.69) is 5.32 Å². The van der Waals surface area contributed by atoms with Gasteiger partial charge in [0.15, 0.2) is 0 Å². The van der Waals surface area contributed by atoms with E-state index < -0.39 is 11.5 Å². The van der Waals surface area contributed by atoms with Gasteiger partial charge in [-0.25, -0.2) is 0 Å². The summed E-state index contributed by atoms with van der Waals surface area (Å²) >= 11 is 0. The fourth-order valence-electron chi connectivity index (χ4n) is 6.38. The summed E-state index contributed by atoms with van der Waals surface area (Å²) in [5, 5.41) is 13.3. The van der Waals surface area contributed by atoms with Crippen molar-refractivity contribution in [2.45, 2.75) is 75.9 Å². The lowest BCUT2D eigenvalue weighted by Gasteiger charge is -2.37. The second-order valence-electron chi connectivity index (χ2n) is 11.6. The van der Waals surface area contributed by atoms with Gasteiger partial charge in [-0.15, -0.1) is 0 Å². The Morgan fingerprint density at radius 3 is 2.35 bits per heavy atom. The molecule has 40 heavy (non-hydrogen) atoms. The van der Waals surface area contributed by atoms with E-state index in [1.165, 1.54) is 0 Å². The number of allylic oxidation sites excluding steroid dienone is 2. The number of cyclic esters (lactones) is 1. The molecule has 3 aliphatic rings. The van der Waals surface area contributed by atoms with Crippen LogP contribution in [0.2, 0.25) is 0 Å². The zero-order valence-corrected chi connectivity index (χ0v) is 23.1. The van der Waals surface area contributed by atoms with E-state index in [4.69, 9.17) is 4.74 Å². The maximum absolute atomic E-state index is 13.6. The number of fused-ring (bicyclic) bond motifs is 1. The minimum Gasteiger partial charge on any atom is -0.463 e. The first-order valence-corrected chi connectivity index (χ1v) is 14.6. The monoisotopic (exact) mass is 544 g/mol. The highest BCUT2D eigenvalue weighted by atomic mass is 16.5. The van der Waals surface area contributed by atoms with E-state index in [9.17, 15) is 19.5 Å². The van der Waals surface area contributed by atoms with Crippen LogP contribution in [0, 0.1) is 11.8 Å². The summed E-state index contributed by atoms with van der Waals surface area (Å²) in [6.07, 6.45) is 9.48. The van der Waals surface area contributed by atoms with Gasteiger partial charge in [-0.3, -0.25) is 14.4 Å². The lowest BCUT2D eigenvalue weighted by Crippen LogP contribution is -2.53. The van der Waals surface area contributed by atoms with Crippen LogP contribution in [0.3, 0.4) is 0 Å². The van der Waals surface area contributed by atoms with Crippen molar-refractivity contribution in [3.05, 3.63) is 83.4 Å². The Hall–Kier alpha value is -3.45. The van der Waals surface area contributed by atoms with E-state index in [0.29, 0.717) is 32.2 Å². The number of ether oxygens (including phenoxy) is 1. The fraction of sp³-hybridized carbons (Fsp3) is 0.485. The van der Waals surface area contributed by atoms with Gasteiger partial charge < -0.3 is 20.1 Å². The van der Waals surface area contributed by atoms with Crippen LogP contribution in [0.5, 0.6) is 0 Å². The summed E-state index contributed by atoms with van der Waals surface area (Å²) in [5.41, 5.74) is 2.73. The number of aliphatic hydroxyl groups excluding tert-OH is 1. The molecule has 3 atom stereocenters. The average molecular weight is 545 g/mol. The van der Waals surface area contributed by atoms with Crippen molar-refractivity contribution < 1.29 is 24.2 Å². The van der Waals surface area contributed by atoms with Crippen LogP contribution in [0.25, 0.3) is 0 Å². The van der Waals surface area contributed by atoms with Crippen LogP contribution < -0.4 is 5.32 Å². The summed E-state index contributed by atoms with van der Waals surface area (Å²) in [7, 11) is 0. The first kappa shape index (κ1) is 28.1. The maximum atomic E-state index is 13.6. The minimum atomic E-state index is -0.591. The van der Waals surface area contributed by atoms with Gasteiger partial charge in [0, 0.05) is 13.0 Å². The normalized spacial score (nSPS) is 24.9. The second-order valence-corrected chi connectivity index (χ2v) is 11.6. The molecule has 2 N–H and O–H groups in total. The molecule has 2 aliphatic heterocycles. The molecule has 2 heterocycles. The third-order valence-corrected chi connectivity index (χ3v) is 8.78. The Labute approximate surface area is 236 Å². The van der Waals surface area contributed by atoms with Crippen molar-refractivity contribution in [3.63, 3.8) is 0 Å². The lowest BCUT2D eigenvalue weighted by molar-refractivity contribution is -0.152. The summed E-state index contributed by atoms with van der Waals surface area (Å²) in [6, 6.07) is 17.6. The van der Waals surface area contributed by atoms with Gasteiger partial charge in [0.1, 0.15) is 6.61 Å². The Kier molecular flexibility index (Phi) is 9.00. The van der Waals surface area contributed by atoms with Crippen molar-refractivity contribution in [1.82, 2.24) is 10.2 Å². The van der Waals surface area contributed by atoms with Crippen molar-refractivity contribution in [2.24, 2.45) is 11.8 Å². The van der Waals surface area contributed by atoms with Crippen LogP contribution in [-0.4, -0.2) is 52.6 Å². The van der Waals surface area contributed by atoms with Crippen molar-refractivity contribution in [1.29, 1.82) is 0 Å². The van der Waals surface area contributed by atoms with E-state index in [-0.39, 0.29) is 49.4 Å². The lowest BCUT2D eigenvalue weighted by atomic mass is 9.90. The third-order valence-electron chi connectivity index (χ3n) is 8.78. The summed E-state index contributed by atoms with van der Waals surface area (Å²) in [4.78, 5) is 42.1. The number of carbonyl (C=O) groups is 3. The van der Waals surface area contributed by atoms with Crippen LogP contribution in [0.15, 0.2) is 66.7 Å². The Balaban J connectivity index is 1.34. The van der Waals surface area contributed by atoms with E-state index >= 15 is 0 Å². The Bertz CT molecular complexity index is 1220. The van der Waals surface area contributed by atoms with Crippen LogP contribution >= 0.6 is 0 Å². The molecule has 7 nitrogen and oxygen atoms in total. The summed E-state index contributed by atoms with van der Waals surface area (Å²) in [5.74, 6) is -1.38. The molecule has 0 unspecified atom stereocenters. The average Bonchev–Trinajstić information content (AvgIpc) is 3.44. The minimum absolute atomic E-state index is 0.0676. The smallest absolute Gasteiger partial charge is 0.309 e. The quantitative estimate of drug-likeness (QED) is 0.436. The van der Waals surface area contributed by atoms with Gasteiger partial charge >= 0.3 is 5.97 Å². The number of nitrogens with one attached hydrogen (secondary N) is 1. The van der Waals surface area contributed by atoms with Gasteiger partial charge in [0.2, 0.25) is 11.8 Å². The van der Waals surface area contributed by atoms with E-state index in [1.54, 1.807) is 4.90 Å². The van der Waals surface area contributed by atoms with Gasteiger partial charge in [0.25, 0.3) is 0 Å². The molecule has 1 fully saturated rings. The molecule has 5 rings (SSSR count). The standard InChI is InChI=1S/C33H40N2O5/c36-22-29-19-25-12-4-7-15-28(25)21-35(29)30(37)20-26-13-5-6-14-27(18-24-10-2-1-3-11-24)32(39)40-23-33(34-31(26)38)16-8-9-17-33/h1-7,10-12,15,26-27,29,36H,8-9,13-14,16-23H2,(H,34,38)/t26-,27-,29+/m1/s1. The number of nitrogens with zero attached hydrogens (tertiary/aromatic N) is 1. The molecule has 0 bridgehead atoms. The zero-order valence-electron chi connectivity index (χ0n) is 23.1. The molecule has 2 aromatic carbocycles. The van der Waals surface area contributed by atoms with Crippen molar-refractivity contribution in [3.8, 4) is 0 Å². The Morgan fingerprint density at radius 2 is 1.62 bits per heavy atom. The molecule has 2 aromatic rings. The molecule has 2 amide bonds. The number of aliphatic hydroxyl groups is 1. The predicted molar refractivity (Wildman–Crippen MR) is 152 cm³/mol. The molecule has 7 heteroatoms.